The van der Waals surface area contributed by atoms with Crippen molar-refractivity contribution in [2.24, 2.45) is 20.5 Å². The van der Waals surface area contributed by atoms with Gasteiger partial charge in [0.05, 0.1) is 17.1 Å². The smallest absolute Gasteiger partial charge is 0.150 e. The van der Waals surface area contributed by atoms with E-state index in [-0.39, 0.29) is 5.75 Å². The molecular formula is C29H22N4O. The predicted octanol–water partition coefficient (Wildman–Crippen LogP) is 8.97. The molecule has 0 heterocycles. The summed E-state index contributed by atoms with van der Waals surface area (Å²) in [5.74, 6) is 0.126. The summed E-state index contributed by atoms with van der Waals surface area (Å²) >= 11 is 0. The molecular weight excluding hydrogens is 420 g/mol. The Hall–Kier alpha value is -4.64. The van der Waals surface area contributed by atoms with E-state index in [0.717, 1.165) is 28.6 Å². The normalized spacial score (nSPS) is 11.5. The molecule has 0 aromatic heterocycles. The number of nitrogens with zero attached hydrogens (tertiary/aromatic N) is 4. The van der Waals surface area contributed by atoms with Crippen LogP contribution < -0.4 is 0 Å². The number of benzene rings is 5. The van der Waals surface area contributed by atoms with Gasteiger partial charge in [0.15, 0.2) is 5.75 Å². The maximum Gasteiger partial charge on any atom is 0.150 e. The van der Waals surface area contributed by atoms with Crippen molar-refractivity contribution in [2.45, 2.75) is 6.42 Å². The Morgan fingerprint density at radius 2 is 1.09 bits per heavy atom. The third-order valence-electron chi connectivity index (χ3n) is 5.45. The second kappa shape index (κ2) is 9.88. The quantitative estimate of drug-likeness (QED) is 0.262. The summed E-state index contributed by atoms with van der Waals surface area (Å²) in [7, 11) is 0. The number of rotatable bonds is 6. The van der Waals surface area contributed by atoms with E-state index in [4.69, 9.17) is 0 Å². The van der Waals surface area contributed by atoms with Crippen molar-refractivity contribution in [1.29, 1.82) is 0 Å². The molecule has 0 fully saturated rings. The summed E-state index contributed by atoms with van der Waals surface area (Å²) in [5.41, 5.74) is 5.06. The number of hydrogen-bond acceptors (Lipinski definition) is 5. The minimum Gasteiger partial charge on any atom is -0.505 e. The first-order valence-electron chi connectivity index (χ1n) is 11.0. The van der Waals surface area contributed by atoms with Gasteiger partial charge in [0.2, 0.25) is 0 Å². The summed E-state index contributed by atoms with van der Waals surface area (Å²) in [6.07, 6.45) is 0.847. The van der Waals surface area contributed by atoms with Crippen LogP contribution >= 0.6 is 0 Å². The van der Waals surface area contributed by atoms with Gasteiger partial charge < -0.3 is 5.11 Å². The molecule has 1 N–H and O–H groups in total. The lowest BCUT2D eigenvalue weighted by atomic mass is 10.0. The summed E-state index contributed by atoms with van der Waals surface area (Å²) in [6, 6.07) is 37.0. The van der Waals surface area contributed by atoms with Gasteiger partial charge in [-0.1, -0.05) is 72.8 Å². The molecule has 0 radical (unpaired) electrons. The SMILES string of the molecule is Oc1c(N=Nc2ccc(N=Nc3ccccc3)cc2)ccc2cc(Cc3ccccc3)ccc12. The maximum atomic E-state index is 10.7. The molecule has 5 rings (SSSR count). The van der Waals surface area contributed by atoms with Crippen LogP contribution in [0.2, 0.25) is 0 Å². The molecule has 0 aliphatic carbocycles. The van der Waals surface area contributed by atoms with Crippen molar-refractivity contribution in [1.82, 2.24) is 0 Å². The van der Waals surface area contributed by atoms with Gasteiger partial charge in [0.25, 0.3) is 0 Å². The first-order chi connectivity index (χ1) is 16.7. The lowest BCUT2D eigenvalue weighted by Gasteiger charge is -2.07. The van der Waals surface area contributed by atoms with E-state index in [1.54, 1.807) is 6.07 Å². The first-order valence-corrected chi connectivity index (χ1v) is 11.0. The summed E-state index contributed by atoms with van der Waals surface area (Å²) in [5, 5.41) is 29.4. The highest BCUT2D eigenvalue weighted by molar-refractivity contribution is 5.92. The van der Waals surface area contributed by atoms with E-state index in [1.165, 1.54) is 11.1 Å². The molecule has 0 spiro atoms. The van der Waals surface area contributed by atoms with Crippen molar-refractivity contribution in [3.05, 3.63) is 126 Å². The first kappa shape index (κ1) is 21.2. The van der Waals surface area contributed by atoms with Crippen LogP contribution in [-0.4, -0.2) is 5.11 Å². The highest BCUT2D eigenvalue weighted by Gasteiger charge is 2.07. The van der Waals surface area contributed by atoms with Gasteiger partial charge >= 0.3 is 0 Å². The largest absolute Gasteiger partial charge is 0.505 e. The number of aromatic hydroxyl groups is 1. The second-order valence-electron chi connectivity index (χ2n) is 7.90. The Morgan fingerprint density at radius 1 is 0.500 bits per heavy atom. The van der Waals surface area contributed by atoms with E-state index in [2.05, 4.69) is 38.7 Å². The van der Waals surface area contributed by atoms with Crippen LogP contribution in [0, 0.1) is 0 Å². The van der Waals surface area contributed by atoms with E-state index in [1.807, 2.05) is 91.0 Å². The van der Waals surface area contributed by atoms with Crippen molar-refractivity contribution < 1.29 is 5.11 Å². The lowest BCUT2D eigenvalue weighted by Crippen LogP contribution is -1.88. The fraction of sp³-hybridized carbons (Fsp3) is 0.0345. The van der Waals surface area contributed by atoms with Gasteiger partial charge in [-0.15, -0.1) is 5.11 Å². The number of phenolic OH excluding ortho intramolecular Hbond substituents is 1. The molecule has 0 saturated carbocycles. The van der Waals surface area contributed by atoms with E-state index >= 15 is 0 Å². The van der Waals surface area contributed by atoms with Crippen LogP contribution in [0.4, 0.5) is 22.7 Å². The Balaban J connectivity index is 1.31. The van der Waals surface area contributed by atoms with Gasteiger partial charge in [-0.2, -0.15) is 15.3 Å². The molecule has 0 aliphatic rings. The molecule has 164 valence electrons. The number of hydrogen-bond donors (Lipinski definition) is 1. The summed E-state index contributed by atoms with van der Waals surface area (Å²) in [6.45, 7) is 0. The number of fused-ring (bicyclic) bond motifs is 1. The van der Waals surface area contributed by atoms with E-state index in [9.17, 15) is 5.11 Å². The molecule has 0 unspecified atom stereocenters. The van der Waals surface area contributed by atoms with Crippen LogP contribution in [-0.2, 0) is 6.42 Å². The maximum absolute atomic E-state index is 10.7. The van der Waals surface area contributed by atoms with Crippen molar-refractivity contribution >= 4 is 33.5 Å². The minimum absolute atomic E-state index is 0.126. The van der Waals surface area contributed by atoms with Crippen LogP contribution in [0.15, 0.2) is 136 Å². The lowest BCUT2D eigenvalue weighted by molar-refractivity contribution is 0.482. The molecule has 5 aromatic rings. The predicted molar refractivity (Wildman–Crippen MR) is 136 cm³/mol. The Morgan fingerprint density at radius 3 is 1.76 bits per heavy atom. The van der Waals surface area contributed by atoms with Gasteiger partial charge in [0, 0.05) is 5.39 Å². The average Bonchev–Trinajstić information content (AvgIpc) is 2.89. The molecule has 34 heavy (non-hydrogen) atoms. The number of azo groups is 2. The standard InChI is InChI=1S/C29H22N4O/c34-29-27-17-11-22(19-21-7-3-1-4-8-21)20-23(27)12-18-28(29)33-32-26-15-13-25(14-16-26)31-30-24-9-5-2-6-10-24/h1-18,20,34H,19H2. The molecule has 5 heteroatoms. The highest BCUT2D eigenvalue weighted by Crippen LogP contribution is 2.36. The van der Waals surface area contributed by atoms with Gasteiger partial charge in [-0.3, -0.25) is 0 Å². The molecule has 5 nitrogen and oxygen atoms in total. The third kappa shape index (κ3) is 5.05. The molecule has 0 aliphatic heterocycles. The topological polar surface area (TPSA) is 69.7 Å². The molecule has 0 bridgehead atoms. The van der Waals surface area contributed by atoms with Gasteiger partial charge in [-0.05, 0) is 65.4 Å². The average molecular weight is 443 g/mol. The van der Waals surface area contributed by atoms with Crippen LogP contribution in [0.5, 0.6) is 5.75 Å². The van der Waals surface area contributed by atoms with E-state index in [0.29, 0.717) is 11.4 Å². The highest BCUT2D eigenvalue weighted by atomic mass is 16.3. The summed E-state index contributed by atoms with van der Waals surface area (Å²) < 4.78 is 0. The molecule has 0 saturated heterocycles. The molecule has 5 aromatic carbocycles. The monoisotopic (exact) mass is 442 g/mol. The molecule has 0 amide bonds. The van der Waals surface area contributed by atoms with Crippen molar-refractivity contribution in [2.75, 3.05) is 0 Å². The second-order valence-corrected chi connectivity index (χ2v) is 7.90. The van der Waals surface area contributed by atoms with Crippen molar-refractivity contribution in [3.63, 3.8) is 0 Å². The number of phenols is 1. The zero-order valence-electron chi connectivity index (χ0n) is 18.4. The van der Waals surface area contributed by atoms with Gasteiger partial charge in [0.1, 0.15) is 5.69 Å². The zero-order valence-corrected chi connectivity index (χ0v) is 18.4. The van der Waals surface area contributed by atoms with E-state index < -0.39 is 0 Å². The van der Waals surface area contributed by atoms with Gasteiger partial charge in [-0.25, -0.2) is 0 Å². The molecule has 0 atom stereocenters. The Kier molecular flexibility index (Phi) is 6.16. The fourth-order valence-corrected chi connectivity index (χ4v) is 3.68. The Bertz CT molecular complexity index is 1460. The zero-order chi connectivity index (χ0) is 23.2. The van der Waals surface area contributed by atoms with Crippen LogP contribution in [0.1, 0.15) is 11.1 Å². The van der Waals surface area contributed by atoms with Crippen LogP contribution in [0.3, 0.4) is 0 Å². The Labute approximate surface area is 197 Å². The minimum atomic E-state index is 0.126. The van der Waals surface area contributed by atoms with Crippen LogP contribution in [0.25, 0.3) is 10.8 Å². The fourth-order valence-electron chi connectivity index (χ4n) is 3.68. The third-order valence-corrected chi connectivity index (χ3v) is 5.45. The van der Waals surface area contributed by atoms with Crippen molar-refractivity contribution in [3.8, 4) is 5.75 Å². The summed E-state index contributed by atoms with van der Waals surface area (Å²) in [4.78, 5) is 0.